The fraction of sp³-hybridized carbons (Fsp3) is 0.0476. The minimum absolute atomic E-state index is 0.306. The number of rotatable bonds is 4. The van der Waals surface area contributed by atoms with Crippen LogP contribution in [-0.2, 0) is 0 Å². The van der Waals surface area contributed by atoms with Crippen LogP contribution in [0.4, 0.5) is 11.4 Å². The van der Waals surface area contributed by atoms with E-state index in [2.05, 4.69) is 10.6 Å². The summed E-state index contributed by atoms with van der Waals surface area (Å²) in [5, 5.41) is 6.57. The Hall–Kier alpha value is -2.53. The van der Waals surface area contributed by atoms with Gasteiger partial charge in [-0.2, -0.15) is 0 Å². The first kappa shape index (κ1) is 20.2. The molecule has 3 aromatic rings. The van der Waals surface area contributed by atoms with Gasteiger partial charge in [0.25, 0.3) is 11.8 Å². The van der Waals surface area contributed by atoms with Crippen LogP contribution in [-0.4, -0.2) is 11.8 Å². The lowest BCUT2D eigenvalue weighted by atomic mass is 10.1. The summed E-state index contributed by atoms with van der Waals surface area (Å²) < 4.78 is 0. The van der Waals surface area contributed by atoms with Gasteiger partial charge in [0.2, 0.25) is 0 Å². The van der Waals surface area contributed by atoms with Crippen molar-refractivity contribution in [3.8, 4) is 0 Å². The van der Waals surface area contributed by atoms with Crippen molar-refractivity contribution in [3.63, 3.8) is 0 Å². The summed E-state index contributed by atoms with van der Waals surface area (Å²) in [6.07, 6.45) is 0. The fourth-order valence-corrected chi connectivity index (χ4v) is 3.07. The van der Waals surface area contributed by atoms with E-state index in [1.165, 1.54) is 6.07 Å². The fourth-order valence-electron chi connectivity index (χ4n) is 2.57. The zero-order valence-corrected chi connectivity index (χ0v) is 17.0. The maximum atomic E-state index is 12.6. The van der Waals surface area contributed by atoms with Crippen LogP contribution in [0, 0.1) is 6.92 Å². The van der Waals surface area contributed by atoms with Crippen LogP contribution in [0.25, 0.3) is 0 Å². The van der Waals surface area contributed by atoms with Crippen LogP contribution < -0.4 is 10.6 Å². The molecule has 0 unspecified atom stereocenters. The summed E-state index contributed by atoms with van der Waals surface area (Å²) in [5.74, 6) is -0.720. The number of amides is 2. The molecule has 2 N–H and O–H groups in total. The van der Waals surface area contributed by atoms with Crippen LogP contribution in [0.1, 0.15) is 26.3 Å². The molecule has 0 fully saturated rings. The predicted octanol–water partition coefficient (Wildman–Crippen LogP) is 6.46. The van der Waals surface area contributed by atoms with E-state index in [0.29, 0.717) is 37.6 Å². The van der Waals surface area contributed by atoms with Gasteiger partial charge in [-0.1, -0.05) is 53.0 Å². The van der Waals surface area contributed by atoms with E-state index >= 15 is 0 Å². The normalized spacial score (nSPS) is 10.4. The third-order valence-corrected chi connectivity index (χ3v) is 4.94. The predicted molar refractivity (Wildman–Crippen MR) is 115 cm³/mol. The largest absolute Gasteiger partial charge is 0.321 e. The molecule has 0 saturated heterocycles. The Morgan fingerprint density at radius 2 is 1.36 bits per heavy atom. The van der Waals surface area contributed by atoms with Gasteiger partial charge >= 0.3 is 0 Å². The maximum absolute atomic E-state index is 12.6. The Labute approximate surface area is 177 Å². The molecule has 0 bridgehead atoms. The van der Waals surface area contributed by atoms with Crippen LogP contribution in [0.2, 0.25) is 15.1 Å². The smallest absolute Gasteiger partial charge is 0.255 e. The zero-order chi connectivity index (χ0) is 20.3. The lowest BCUT2D eigenvalue weighted by molar-refractivity contribution is 0.101. The minimum Gasteiger partial charge on any atom is -0.321 e. The van der Waals surface area contributed by atoms with Gasteiger partial charge in [0.1, 0.15) is 0 Å². The standard InChI is InChI=1S/C21H15Cl3N2O2/c1-12-4-2-3-5-15(12)21(28)26-18-10-13(6-8-16(18)23)20(27)25-19-11-14(22)7-9-17(19)24/h2-11H,1H3,(H,25,27)(H,26,28). The highest BCUT2D eigenvalue weighted by Gasteiger charge is 2.14. The van der Waals surface area contributed by atoms with Crippen molar-refractivity contribution in [2.45, 2.75) is 6.92 Å². The first-order valence-electron chi connectivity index (χ1n) is 8.28. The van der Waals surface area contributed by atoms with Gasteiger partial charge in [0.05, 0.1) is 21.4 Å². The summed E-state index contributed by atoms with van der Waals surface area (Å²) in [7, 11) is 0. The van der Waals surface area contributed by atoms with Crippen molar-refractivity contribution in [1.29, 1.82) is 0 Å². The second-order valence-electron chi connectivity index (χ2n) is 6.04. The molecule has 0 aliphatic rings. The van der Waals surface area contributed by atoms with Crippen LogP contribution in [0.5, 0.6) is 0 Å². The van der Waals surface area contributed by atoms with E-state index in [9.17, 15) is 9.59 Å². The van der Waals surface area contributed by atoms with Crippen molar-refractivity contribution < 1.29 is 9.59 Å². The first-order chi connectivity index (χ1) is 13.3. The highest BCUT2D eigenvalue weighted by Crippen LogP contribution is 2.28. The van der Waals surface area contributed by atoms with Crippen LogP contribution in [0.15, 0.2) is 60.7 Å². The topological polar surface area (TPSA) is 58.2 Å². The van der Waals surface area contributed by atoms with Gasteiger partial charge in [0, 0.05) is 16.1 Å². The number of hydrogen-bond acceptors (Lipinski definition) is 2. The van der Waals surface area contributed by atoms with Gasteiger partial charge in [-0.25, -0.2) is 0 Å². The number of anilines is 2. The van der Waals surface area contributed by atoms with Gasteiger partial charge in [-0.05, 0) is 55.0 Å². The second-order valence-corrected chi connectivity index (χ2v) is 7.29. The molecule has 28 heavy (non-hydrogen) atoms. The Bertz CT molecular complexity index is 1070. The highest BCUT2D eigenvalue weighted by atomic mass is 35.5. The highest BCUT2D eigenvalue weighted by molar-refractivity contribution is 6.36. The molecular weight excluding hydrogens is 419 g/mol. The molecule has 3 rings (SSSR count). The van der Waals surface area contributed by atoms with Crippen LogP contribution in [0.3, 0.4) is 0 Å². The molecule has 0 heterocycles. The van der Waals surface area contributed by atoms with Crippen LogP contribution >= 0.6 is 34.8 Å². The van der Waals surface area contributed by atoms with Crippen molar-refractivity contribution >= 4 is 58.0 Å². The summed E-state index contributed by atoms with van der Waals surface area (Å²) in [6, 6.07) is 16.6. The molecular formula is C21H15Cl3N2O2. The first-order valence-corrected chi connectivity index (χ1v) is 9.41. The maximum Gasteiger partial charge on any atom is 0.255 e. The van der Waals surface area contributed by atoms with Crippen molar-refractivity contribution in [2.24, 2.45) is 0 Å². The number of benzene rings is 3. The Morgan fingerprint density at radius 1 is 0.750 bits per heavy atom. The van der Waals surface area contributed by atoms with Crippen molar-refractivity contribution in [3.05, 3.63) is 92.4 Å². The zero-order valence-electron chi connectivity index (χ0n) is 14.7. The van der Waals surface area contributed by atoms with E-state index < -0.39 is 5.91 Å². The SMILES string of the molecule is Cc1ccccc1C(=O)Nc1cc(C(=O)Nc2cc(Cl)ccc2Cl)ccc1Cl. The number of hydrogen-bond donors (Lipinski definition) is 2. The summed E-state index contributed by atoms with van der Waals surface area (Å²) in [6.45, 7) is 1.84. The van der Waals surface area contributed by atoms with E-state index in [1.54, 1.807) is 42.5 Å². The summed E-state index contributed by atoms with van der Waals surface area (Å²) in [4.78, 5) is 25.1. The van der Waals surface area contributed by atoms with Crippen molar-refractivity contribution in [2.75, 3.05) is 10.6 Å². The quantitative estimate of drug-likeness (QED) is 0.496. The van der Waals surface area contributed by atoms with E-state index in [0.717, 1.165) is 5.56 Å². The van der Waals surface area contributed by atoms with E-state index in [4.69, 9.17) is 34.8 Å². The molecule has 7 heteroatoms. The Balaban J connectivity index is 1.83. The van der Waals surface area contributed by atoms with Gasteiger partial charge in [-0.3, -0.25) is 9.59 Å². The number of carbonyl (C=O) groups is 2. The summed E-state index contributed by atoms with van der Waals surface area (Å²) in [5.41, 5.74) is 2.39. The van der Waals surface area contributed by atoms with Gasteiger partial charge in [0.15, 0.2) is 0 Å². The number of carbonyl (C=O) groups excluding carboxylic acids is 2. The minimum atomic E-state index is -0.410. The number of nitrogens with one attached hydrogen (secondary N) is 2. The summed E-state index contributed by atoms with van der Waals surface area (Å²) >= 11 is 18.2. The molecule has 4 nitrogen and oxygen atoms in total. The monoisotopic (exact) mass is 432 g/mol. The Kier molecular flexibility index (Phi) is 6.25. The Morgan fingerprint density at radius 3 is 2.07 bits per heavy atom. The third-order valence-electron chi connectivity index (χ3n) is 4.04. The molecule has 3 aromatic carbocycles. The molecule has 0 atom stereocenters. The molecule has 0 saturated carbocycles. The average Bonchev–Trinajstić information content (AvgIpc) is 2.66. The number of aryl methyl sites for hydroxylation is 1. The average molecular weight is 434 g/mol. The lowest BCUT2D eigenvalue weighted by Crippen LogP contribution is -2.16. The van der Waals surface area contributed by atoms with E-state index in [-0.39, 0.29) is 5.91 Å². The van der Waals surface area contributed by atoms with E-state index in [1.807, 2.05) is 19.1 Å². The molecule has 0 spiro atoms. The molecule has 0 aliphatic carbocycles. The molecule has 2 amide bonds. The molecule has 0 aromatic heterocycles. The molecule has 142 valence electrons. The molecule has 0 radical (unpaired) electrons. The molecule has 0 aliphatic heterocycles. The third kappa shape index (κ3) is 4.65. The number of halogens is 3. The van der Waals surface area contributed by atoms with Gasteiger partial charge in [-0.15, -0.1) is 0 Å². The van der Waals surface area contributed by atoms with Gasteiger partial charge < -0.3 is 10.6 Å². The lowest BCUT2D eigenvalue weighted by Gasteiger charge is -2.12. The second kappa shape index (κ2) is 8.65. The van der Waals surface area contributed by atoms with Crippen molar-refractivity contribution in [1.82, 2.24) is 0 Å².